The number of carbonyl (C=O) groups is 3. The van der Waals surface area contributed by atoms with Gasteiger partial charge in [0.15, 0.2) is 11.5 Å². The van der Waals surface area contributed by atoms with Crippen LogP contribution in [0.5, 0.6) is 0 Å². The number of carbonyl (C=O) groups excluding carboxylic acids is 3. The monoisotopic (exact) mass is 642 g/mol. The van der Waals surface area contributed by atoms with Crippen LogP contribution in [0.4, 0.5) is 15.4 Å². The molecular weight excluding hydrogens is 600 g/mol. The Bertz CT molecular complexity index is 1600. The van der Waals surface area contributed by atoms with E-state index in [9.17, 15) is 14.4 Å². The number of piperidine rings is 1. The predicted octanol–water partition coefficient (Wildman–Crippen LogP) is 5.95. The van der Waals surface area contributed by atoms with Gasteiger partial charge in [0.2, 0.25) is 0 Å². The second kappa shape index (κ2) is 12.9. The van der Waals surface area contributed by atoms with Crippen molar-refractivity contribution in [2.75, 3.05) is 24.6 Å². The van der Waals surface area contributed by atoms with Gasteiger partial charge in [-0.2, -0.15) is 0 Å². The summed E-state index contributed by atoms with van der Waals surface area (Å²) in [6.07, 6.45) is 3.05. The van der Waals surface area contributed by atoms with Crippen LogP contribution in [0.3, 0.4) is 0 Å². The molecule has 2 atom stereocenters. The van der Waals surface area contributed by atoms with E-state index in [-0.39, 0.29) is 35.3 Å². The minimum Gasteiger partial charge on any atom is -0.444 e. The van der Waals surface area contributed by atoms with Crippen LogP contribution in [0, 0.1) is 5.41 Å². The van der Waals surface area contributed by atoms with Gasteiger partial charge in [-0.05, 0) is 64.5 Å². The maximum Gasteiger partial charge on any atom is 0.516 e. The van der Waals surface area contributed by atoms with Gasteiger partial charge < -0.3 is 29.2 Å². The van der Waals surface area contributed by atoms with Crippen LogP contribution in [-0.4, -0.2) is 65.6 Å². The normalized spacial score (nSPS) is 21.1. The van der Waals surface area contributed by atoms with Crippen molar-refractivity contribution in [2.24, 2.45) is 5.41 Å². The third-order valence-corrected chi connectivity index (χ3v) is 9.38. The van der Waals surface area contributed by atoms with Gasteiger partial charge in [0.05, 0.1) is 30.6 Å². The number of aromatic nitrogens is 2. The van der Waals surface area contributed by atoms with Crippen molar-refractivity contribution < 1.29 is 33.3 Å². The van der Waals surface area contributed by atoms with E-state index in [1.165, 1.54) is 0 Å². The molecule has 3 fully saturated rings. The van der Waals surface area contributed by atoms with E-state index in [0.29, 0.717) is 44.0 Å². The molecule has 0 radical (unpaired) electrons. The topological polar surface area (TPSA) is 129 Å². The maximum absolute atomic E-state index is 13.6. The Morgan fingerprint density at radius 3 is 2.28 bits per heavy atom. The molecule has 1 N–H and O–H groups in total. The molecule has 1 amide bonds. The lowest BCUT2D eigenvalue weighted by atomic mass is 9.73. The number of ether oxygens (including phenoxy) is 4. The average molecular weight is 643 g/mol. The van der Waals surface area contributed by atoms with Gasteiger partial charge in [-0.25, -0.2) is 24.4 Å². The SMILES string of the molecule is C[C@@H]1OCC2(CCN(c3ncc(C4(c5ccccc5)CC4)nc3C(=O)OC(=O)OCc3ccccc3)CC2)[C@@H]1NC(=O)OC(C)(C)C. The molecule has 3 aromatic rings. The van der Waals surface area contributed by atoms with Gasteiger partial charge in [-0.15, -0.1) is 0 Å². The number of esters is 1. The standard InChI is InChI=1S/C36H42N4O7/c1-24-29(39-32(42)47-34(2,3)4)35(23-45-24)17-19-40(20-18-35)30-28(31(41)46-33(43)44-22-25-11-7-5-8-12-25)38-27(21-37-30)36(15-16-36)26-13-9-6-10-14-26/h5-14,21,24,29H,15-20,22-23H2,1-4H3,(H,39,42)/t24-,29+/m0/s1. The number of amides is 1. The number of rotatable bonds is 7. The van der Waals surface area contributed by atoms with Gasteiger partial charge >= 0.3 is 18.2 Å². The van der Waals surface area contributed by atoms with Gasteiger partial charge in [-0.1, -0.05) is 60.7 Å². The molecule has 11 nitrogen and oxygen atoms in total. The highest BCUT2D eigenvalue weighted by atomic mass is 16.7. The Hall–Kier alpha value is -4.51. The van der Waals surface area contributed by atoms with Crippen molar-refractivity contribution in [3.8, 4) is 0 Å². The summed E-state index contributed by atoms with van der Waals surface area (Å²) in [7, 11) is 0. The zero-order valence-electron chi connectivity index (χ0n) is 27.4. The van der Waals surface area contributed by atoms with Crippen LogP contribution >= 0.6 is 0 Å². The van der Waals surface area contributed by atoms with E-state index < -0.39 is 23.8 Å². The number of hydrogen-bond donors (Lipinski definition) is 1. The lowest BCUT2D eigenvalue weighted by Gasteiger charge is -2.43. The fourth-order valence-electron chi connectivity index (χ4n) is 6.73. The van der Waals surface area contributed by atoms with E-state index in [2.05, 4.69) is 17.4 Å². The molecule has 6 rings (SSSR count). The number of benzene rings is 2. The lowest BCUT2D eigenvalue weighted by Crippen LogP contribution is -2.55. The zero-order valence-corrected chi connectivity index (χ0v) is 27.4. The summed E-state index contributed by atoms with van der Waals surface area (Å²) >= 11 is 0. The first kappa shape index (κ1) is 32.4. The van der Waals surface area contributed by atoms with Crippen LogP contribution in [0.2, 0.25) is 0 Å². The first-order valence-corrected chi connectivity index (χ1v) is 16.2. The molecule has 0 bridgehead atoms. The molecule has 2 aliphatic heterocycles. The second-order valence-corrected chi connectivity index (χ2v) is 13.8. The highest BCUT2D eigenvalue weighted by Gasteiger charge is 2.51. The summed E-state index contributed by atoms with van der Waals surface area (Å²) in [5.41, 5.74) is 1.22. The summed E-state index contributed by atoms with van der Waals surface area (Å²) in [6, 6.07) is 19.0. The van der Waals surface area contributed by atoms with E-state index in [1.807, 2.05) is 81.1 Å². The average Bonchev–Trinajstić information content (AvgIpc) is 3.82. The molecule has 1 spiro atoms. The quantitative estimate of drug-likeness (QED) is 0.244. The Labute approximate surface area is 275 Å². The van der Waals surface area contributed by atoms with Gasteiger partial charge in [0.1, 0.15) is 12.2 Å². The molecule has 1 aliphatic carbocycles. The Balaban J connectivity index is 1.22. The van der Waals surface area contributed by atoms with Crippen molar-refractivity contribution in [3.05, 3.63) is 89.4 Å². The molecule has 248 valence electrons. The Kier molecular flexibility index (Phi) is 8.93. The molecule has 1 aromatic heterocycles. The molecule has 1 saturated carbocycles. The smallest absolute Gasteiger partial charge is 0.444 e. The van der Waals surface area contributed by atoms with Gasteiger partial charge in [0, 0.05) is 23.9 Å². The van der Waals surface area contributed by atoms with Gasteiger partial charge in [-0.3, -0.25) is 0 Å². The minimum absolute atomic E-state index is 0.0308. The van der Waals surface area contributed by atoms with Crippen LogP contribution in [0.15, 0.2) is 66.9 Å². The van der Waals surface area contributed by atoms with E-state index >= 15 is 0 Å². The highest BCUT2D eigenvalue weighted by molar-refractivity contribution is 5.97. The lowest BCUT2D eigenvalue weighted by molar-refractivity contribution is 0.0352. The van der Waals surface area contributed by atoms with Crippen LogP contribution in [0.25, 0.3) is 0 Å². The first-order valence-electron chi connectivity index (χ1n) is 16.2. The molecular formula is C36H42N4O7. The number of nitrogens with zero attached hydrogens (tertiary/aromatic N) is 3. The van der Waals surface area contributed by atoms with Gasteiger partial charge in [0.25, 0.3) is 0 Å². The summed E-state index contributed by atoms with van der Waals surface area (Å²) in [4.78, 5) is 50.6. The molecule has 2 saturated heterocycles. The molecule has 3 heterocycles. The van der Waals surface area contributed by atoms with E-state index in [4.69, 9.17) is 28.9 Å². The Morgan fingerprint density at radius 1 is 0.979 bits per heavy atom. The molecule has 2 aromatic carbocycles. The molecule has 47 heavy (non-hydrogen) atoms. The van der Waals surface area contributed by atoms with Crippen LogP contribution in [-0.2, 0) is 31.0 Å². The van der Waals surface area contributed by atoms with Crippen LogP contribution < -0.4 is 10.2 Å². The molecule has 0 unspecified atom stereocenters. The Morgan fingerprint density at radius 2 is 1.64 bits per heavy atom. The summed E-state index contributed by atoms with van der Waals surface area (Å²) in [5.74, 6) is -0.573. The fourth-order valence-corrected chi connectivity index (χ4v) is 6.73. The summed E-state index contributed by atoms with van der Waals surface area (Å²) < 4.78 is 22.0. The van der Waals surface area contributed by atoms with Crippen molar-refractivity contribution >= 4 is 24.0 Å². The van der Waals surface area contributed by atoms with E-state index in [1.54, 1.807) is 6.20 Å². The molecule has 11 heteroatoms. The van der Waals surface area contributed by atoms with E-state index in [0.717, 1.165) is 24.0 Å². The summed E-state index contributed by atoms with van der Waals surface area (Å²) in [5, 5.41) is 3.06. The fraction of sp³-hybridized carbons (Fsp3) is 0.472. The first-order chi connectivity index (χ1) is 22.5. The molecule has 3 aliphatic rings. The largest absolute Gasteiger partial charge is 0.516 e. The zero-order chi connectivity index (χ0) is 33.2. The number of alkyl carbamates (subject to hydrolysis) is 1. The van der Waals surface area contributed by atoms with Crippen LogP contribution in [0.1, 0.15) is 80.7 Å². The summed E-state index contributed by atoms with van der Waals surface area (Å²) in [6.45, 7) is 8.97. The maximum atomic E-state index is 13.6. The third-order valence-electron chi connectivity index (χ3n) is 9.38. The minimum atomic E-state index is -1.10. The van der Waals surface area contributed by atoms with Crippen molar-refractivity contribution in [2.45, 2.75) is 83.1 Å². The number of nitrogens with one attached hydrogen (secondary N) is 1. The third kappa shape index (κ3) is 7.10. The number of hydrogen-bond acceptors (Lipinski definition) is 10. The highest BCUT2D eigenvalue weighted by Crippen LogP contribution is 2.53. The van der Waals surface area contributed by atoms with Crippen molar-refractivity contribution in [1.82, 2.24) is 15.3 Å². The van der Waals surface area contributed by atoms with Crippen molar-refractivity contribution in [1.29, 1.82) is 0 Å². The second-order valence-electron chi connectivity index (χ2n) is 13.8. The predicted molar refractivity (Wildman–Crippen MR) is 173 cm³/mol. The number of anilines is 1. The van der Waals surface area contributed by atoms with Crippen molar-refractivity contribution in [3.63, 3.8) is 0 Å².